The molecule has 0 unspecified atom stereocenters. The second-order valence-corrected chi connectivity index (χ2v) is 3.29. The first kappa shape index (κ1) is 11.1. The topological polar surface area (TPSA) is 78.4 Å². The van der Waals surface area contributed by atoms with Gasteiger partial charge in [0.1, 0.15) is 5.70 Å². The molecule has 0 fully saturated rings. The predicted molar refractivity (Wildman–Crippen MR) is 54.3 cm³/mol. The Balaban J connectivity index is 2.44. The van der Waals surface area contributed by atoms with Crippen molar-refractivity contribution in [1.29, 1.82) is 0 Å². The highest BCUT2D eigenvalue weighted by atomic mass is 19.2. The number of nitrogens with one attached hydrogen (secondary N) is 2. The molecule has 0 saturated carbocycles. The van der Waals surface area contributed by atoms with Gasteiger partial charge < -0.3 is 15.7 Å². The van der Waals surface area contributed by atoms with Crippen molar-refractivity contribution in [2.75, 3.05) is 10.6 Å². The van der Waals surface area contributed by atoms with Crippen molar-refractivity contribution in [3.8, 4) is 0 Å². The first-order valence-electron chi connectivity index (χ1n) is 4.49. The molecule has 17 heavy (non-hydrogen) atoms. The van der Waals surface area contributed by atoms with Crippen LogP contribution in [0, 0.1) is 11.6 Å². The number of carboxylic acids is 1. The second kappa shape index (κ2) is 3.85. The number of rotatable bonds is 1. The third-order valence-electron chi connectivity index (χ3n) is 2.09. The number of carboxylic acid groups (broad SMARTS) is 1. The molecule has 0 spiro atoms. The van der Waals surface area contributed by atoms with E-state index in [0.29, 0.717) is 6.08 Å². The molecule has 0 radical (unpaired) electrons. The number of anilines is 2. The Morgan fingerprint density at radius 3 is 2.24 bits per heavy atom. The molecule has 1 amide bonds. The van der Waals surface area contributed by atoms with Gasteiger partial charge in [-0.1, -0.05) is 0 Å². The quantitative estimate of drug-likeness (QED) is 0.646. The Morgan fingerprint density at radius 2 is 1.71 bits per heavy atom. The van der Waals surface area contributed by atoms with Crippen LogP contribution in [0.1, 0.15) is 0 Å². The molecule has 7 heteroatoms. The van der Waals surface area contributed by atoms with Crippen molar-refractivity contribution in [3.63, 3.8) is 0 Å². The van der Waals surface area contributed by atoms with E-state index < -0.39 is 23.5 Å². The van der Waals surface area contributed by atoms with Crippen LogP contribution in [0.4, 0.5) is 20.2 Å². The van der Waals surface area contributed by atoms with Gasteiger partial charge >= 0.3 is 5.97 Å². The zero-order valence-electron chi connectivity index (χ0n) is 8.25. The average Bonchev–Trinajstić information content (AvgIpc) is 2.22. The SMILES string of the molecule is O=C(O)/C=C1\Nc2cc(F)c(F)cc2NC1=O. The van der Waals surface area contributed by atoms with Gasteiger partial charge in [0.05, 0.1) is 17.5 Å². The van der Waals surface area contributed by atoms with E-state index in [2.05, 4.69) is 10.6 Å². The number of aliphatic carboxylic acids is 1. The summed E-state index contributed by atoms with van der Waals surface area (Å²) in [6.07, 6.45) is 0.638. The van der Waals surface area contributed by atoms with Crippen molar-refractivity contribution in [1.82, 2.24) is 0 Å². The van der Waals surface area contributed by atoms with Crippen LogP contribution in [0.2, 0.25) is 0 Å². The van der Waals surface area contributed by atoms with Crippen molar-refractivity contribution < 1.29 is 23.5 Å². The van der Waals surface area contributed by atoms with Gasteiger partial charge in [-0.05, 0) is 0 Å². The minimum absolute atomic E-state index is 0.0523. The molecule has 0 aromatic heterocycles. The van der Waals surface area contributed by atoms with Crippen LogP contribution in [0.3, 0.4) is 0 Å². The second-order valence-electron chi connectivity index (χ2n) is 3.29. The number of benzene rings is 1. The van der Waals surface area contributed by atoms with Gasteiger partial charge in [0.15, 0.2) is 11.6 Å². The molecule has 3 N–H and O–H groups in total. The molecule has 2 rings (SSSR count). The molecule has 1 heterocycles. The number of carbonyl (C=O) groups is 2. The highest BCUT2D eigenvalue weighted by Crippen LogP contribution is 2.29. The first-order valence-corrected chi connectivity index (χ1v) is 4.49. The van der Waals surface area contributed by atoms with E-state index in [1.165, 1.54) is 0 Å². The Labute approximate surface area is 93.7 Å². The maximum atomic E-state index is 12.9. The number of amides is 1. The minimum atomic E-state index is -1.33. The molecule has 0 atom stereocenters. The van der Waals surface area contributed by atoms with Crippen molar-refractivity contribution in [3.05, 3.63) is 35.5 Å². The van der Waals surface area contributed by atoms with Crippen LogP contribution >= 0.6 is 0 Å². The third-order valence-corrected chi connectivity index (χ3v) is 2.09. The maximum Gasteiger partial charge on any atom is 0.330 e. The number of carbonyl (C=O) groups excluding carboxylic acids is 1. The lowest BCUT2D eigenvalue weighted by atomic mass is 10.2. The van der Waals surface area contributed by atoms with Gasteiger partial charge in [-0.2, -0.15) is 0 Å². The summed E-state index contributed by atoms with van der Waals surface area (Å²) in [5.74, 6) is -4.25. The number of fused-ring (bicyclic) bond motifs is 1. The van der Waals surface area contributed by atoms with E-state index in [1.54, 1.807) is 0 Å². The van der Waals surface area contributed by atoms with Crippen molar-refractivity contribution in [2.45, 2.75) is 0 Å². The lowest BCUT2D eigenvalue weighted by Crippen LogP contribution is -2.26. The van der Waals surface area contributed by atoms with Crippen LogP contribution in [0.25, 0.3) is 0 Å². The van der Waals surface area contributed by atoms with E-state index >= 15 is 0 Å². The summed E-state index contributed by atoms with van der Waals surface area (Å²) in [5, 5.41) is 13.2. The normalized spacial score (nSPS) is 16.1. The summed E-state index contributed by atoms with van der Waals surface area (Å²) in [7, 11) is 0. The van der Waals surface area contributed by atoms with Gasteiger partial charge in [-0.15, -0.1) is 0 Å². The first-order chi connectivity index (χ1) is 7.97. The third kappa shape index (κ3) is 2.07. The smallest absolute Gasteiger partial charge is 0.330 e. The van der Waals surface area contributed by atoms with Crippen molar-refractivity contribution in [2.24, 2.45) is 0 Å². The minimum Gasteiger partial charge on any atom is -0.478 e. The highest BCUT2D eigenvalue weighted by molar-refractivity contribution is 6.13. The molecule has 1 aliphatic heterocycles. The Hall–Kier alpha value is -2.44. The summed E-state index contributed by atoms with van der Waals surface area (Å²) >= 11 is 0. The molecular formula is C10H6F2N2O3. The predicted octanol–water partition coefficient (Wildman–Crippen LogP) is 1.30. The summed E-state index contributed by atoms with van der Waals surface area (Å²) in [4.78, 5) is 21.8. The monoisotopic (exact) mass is 240 g/mol. The molecule has 88 valence electrons. The van der Waals surface area contributed by atoms with E-state index in [9.17, 15) is 18.4 Å². The zero-order chi connectivity index (χ0) is 12.6. The fourth-order valence-corrected chi connectivity index (χ4v) is 1.37. The van der Waals surface area contributed by atoms with Gasteiger partial charge in [0.2, 0.25) is 0 Å². The Kier molecular flexibility index (Phi) is 2.51. The Bertz CT molecular complexity index is 555. The molecule has 0 saturated heterocycles. The molecule has 1 aromatic rings. The fraction of sp³-hybridized carbons (Fsp3) is 0. The van der Waals surface area contributed by atoms with E-state index in [4.69, 9.17) is 5.11 Å². The average molecular weight is 240 g/mol. The van der Waals surface area contributed by atoms with Crippen LogP contribution in [-0.4, -0.2) is 17.0 Å². The summed E-state index contributed by atoms with van der Waals surface area (Å²) in [6, 6.07) is 1.65. The number of halogens is 2. The molecule has 1 aromatic carbocycles. The summed E-state index contributed by atoms with van der Waals surface area (Å²) in [6.45, 7) is 0. The van der Waals surface area contributed by atoms with Gasteiger partial charge in [0.25, 0.3) is 5.91 Å². The largest absolute Gasteiger partial charge is 0.478 e. The van der Waals surface area contributed by atoms with Crippen molar-refractivity contribution >= 4 is 23.3 Å². The standard InChI is InChI=1S/C10H6F2N2O3/c11-4-1-6-7(2-5(4)12)14-10(17)8(13-6)3-9(15)16/h1-3,13H,(H,14,17)(H,15,16)/b8-3-. The lowest BCUT2D eigenvalue weighted by molar-refractivity contribution is -0.131. The summed E-state index contributed by atoms with van der Waals surface area (Å²) < 4.78 is 25.8. The van der Waals surface area contributed by atoms with Crippen LogP contribution < -0.4 is 10.6 Å². The number of hydrogen-bond acceptors (Lipinski definition) is 3. The van der Waals surface area contributed by atoms with Crippen LogP contribution in [-0.2, 0) is 9.59 Å². The molecule has 5 nitrogen and oxygen atoms in total. The molecular weight excluding hydrogens is 234 g/mol. The van der Waals surface area contributed by atoms with E-state index in [1.807, 2.05) is 0 Å². The lowest BCUT2D eigenvalue weighted by Gasteiger charge is -2.20. The molecule has 0 bridgehead atoms. The van der Waals surface area contributed by atoms with E-state index in [0.717, 1.165) is 12.1 Å². The van der Waals surface area contributed by atoms with Crippen LogP contribution in [0.5, 0.6) is 0 Å². The molecule has 0 aliphatic carbocycles. The Morgan fingerprint density at radius 1 is 1.18 bits per heavy atom. The molecule has 1 aliphatic rings. The van der Waals surface area contributed by atoms with Gasteiger partial charge in [-0.25, -0.2) is 13.6 Å². The van der Waals surface area contributed by atoms with Crippen LogP contribution in [0.15, 0.2) is 23.9 Å². The number of hydrogen-bond donors (Lipinski definition) is 3. The van der Waals surface area contributed by atoms with E-state index in [-0.39, 0.29) is 17.1 Å². The van der Waals surface area contributed by atoms with Gasteiger partial charge in [-0.3, -0.25) is 4.79 Å². The maximum absolute atomic E-state index is 12.9. The van der Waals surface area contributed by atoms with Gasteiger partial charge in [0, 0.05) is 12.1 Å². The highest BCUT2D eigenvalue weighted by Gasteiger charge is 2.22. The fourth-order valence-electron chi connectivity index (χ4n) is 1.37. The summed E-state index contributed by atoms with van der Waals surface area (Å²) in [5.41, 5.74) is -0.108. The zero-order valence-corrected chi connectivity index (χ0v) is 8.25.